The van der Waals surface area contributed by atoms with Crippen LogP contribution in [0.1, 0.15) is 15.9 Å². The molecule has 72 valence electrons. The van der Waals surface area contributed by atoms with Crippen LogP contribution in [0.2, 0.25) is 0 Å². The van der Waals surface area contributed by atoms with Crippen LogP contribution < -0.4 is 0 Å². The third kappa shape index (κ3) is 2.61. The van der Waals surface area contributed by atoms with Crippen molar-refractivity contribution in [1.29, 1.82) is 0 Å². The van der Waals surface area contributed by atoms with E-state index >= 15 is 0 Å². The number of carbonyl (C=O) groups is 1. The predicted octanol–water partition coefficient (Wildman–Crippen LogP) is 0.817. The lowest BCUT2D eigenvalue weighted by Crippen LogP contribution is -2.08. The molecule has 3 nitrogen and oxygen atoms in total. The van der Waals surface area contributed by atoms with Gasteiger partial charge in [0.15, 0.2) is 0 Å². The molecule has 1 aromatic rings. The third-order valence-electron chi connectivity index (χ3n) is 1.61. The number of hydrogen-bond acceptors (Lipinski definition) is 3. The van der Waals surface area contributed by atoms with Gasteiger partial charge in [0, 0.05) is 5.56 Å². The van der Waals surface area contributed by atoms with Crippen molar-refractivity contribution >= 4 is 5.97 Å². The molecule has 0 fully saturated rings. The molecule has 3 heteroatoms. The Balaban J connectivity index is 2.68. The van der Waals surface area contributed by atoms with Crippen LogP contribution in [-0.4, -0.2) is 24.3 Å². The fourth-order valence-electron chi connectivity index (χ4n) is 0.924. The predicted molar refractivity (Wildman–Crippen MR) is 51.7 cm³/mol. The molecule has 0 radical (unpaired) electrons. The van der Waals surface area contributed by atoms with Crippen LogP contribution in [0.15, 0.2) is 24.3 Å². The van der Waals surface area contributed by atoms with Gasteiger partial charge in [0.25, 0.3) is 0 Å². The first kappa shape index (κ1) is 10.3. The molecule has 0 aliphatic carbocycles. The number of hydrogen-bond donors (Lipinski definition) is 1. The van der Waals surface area contributed by atoms with Gasteiger partial charge in [-0.05, 0) is 24.3 Å². The lowest BCUT2D eigenvalue weighted by Gasteiger charge is -2.02. The van der Waals surface area contributed by atoms with Gasteiger partial charge in [-0.2, -0.15) is 0 Å². The summed E-state index contributed by atoms with van der Waals surface area (Å²) in [6.45, 7) is -0.163. The van der Waals surface area contributed by atoms with Gasteiger partial charge in [-0.15, -0.1) is 6.42 Å². The summed E-state index contributed by atoms with van der Waals surface area (Å²) in [6, 6.07) is 6.51. The number of carbonyl (C=O) groups excluding carboxylic acids is 1. The van der Waals surface area contributed by atoms with Crippen LogP contribution in [0.5, 0.6) is 0 Å². The molecular weight excluding hydrogens is 180 g/mol. The molecule has 0 spiro atoms. The van der Waals surface area contributed by atoms with Crippen LogP contribution >= 0.6 is 0 Å². The van der Waals surface area contributed by atoms with Crippen molar-refractivity contribution in [2.24, 2.45) is 0 Å². The Bertz CT molecular complexity index is 346. The standard InChI is InChI=1S/C11H10O3/c1-2-9-3-5-10(6-4-9)11(13)14-8-7-12/h1,3-6,12H,7-8H2. The Kier molecular flexibility index (Phi) is 3.71. The summed E-state index contributed by atoms with van der Waals surface area (Å²) >= 11 is 0. The molecule has 0 aliphatic rings. The highest BCUT2D eigenvalue weighted by atomic mass is 16.5. The minimum atomic E-state index is -0.456. The molecule has 0 aliphatic heterocycles. The molecular formula is C11H10O3. The average Bonchev–Trinajstić information content (AvgIpc) is 2.26. The maximum Gasteiger partial charge on any atom is 0.338 e. The van der Waals surface area contributed by atoms with Crippen LogP contribution in [0.4, 0.5) is 0 Å². The SMILES string of the molecule is C#Cc1ccc(C(=O)OCCO)cc1. The fourth-order valence-corrected chi connectivity index (χ4v) is 0.924. The van der Waals surface area contributed by atoms with E-state index in [1.54, 1.807) is 24.3 Å². The molecule has 14 heavy (non-hydrogen) atoms. The maximum atomic E-state index is 11.2. The third-order valence-corrected chi connectivity index (χ3v) is 1.61. The molecule has 0 unspecified atom stereocenters. The zero-order valence-corrected chi connectivity index (χ0v) is 7.56. The van der Waals surface area contributed by atoms with Crippen LogP contribution in [0, 0.1) is 12.3 Å². The summed E-state index contributed by atoms with van der Waals surface area (Å²) in [5, 5.41) is 8.44. The summed E-state index contributed by atoms with van der Waals surface area (Å²) in [6.07, 6.45) is 5.16. The van der Waals surface area contributed by atoms with Crippen molar-refractivity contribution in [3.63, 3.8) is 0 Å². The number of aliphatic hydroxyl groups excluding tert-OH is 1. The Morgan fingerprint density at radius 3 is 2.57 bits per heavy atom. The molecule has 1 N–H and O–H groups in total. The molecule has 1 rings (SSSR count). The molecule has 0 saturated carbocycles. The molecule has 0 amide bonds. The van der Waals surface area contributed by atoms with Crippen molar-refractivity contribution < 1.29 is 14.6 Å². The van der Waals surface area contributed by atoms with E-state index in [-0.39, 0.29) is 13.2 Å². The van der Waals surface area contributed by atoms with E-state index in [9.17, 15) is 4.79 Å². The monoisotopic (exact) mass is 190 g/mol. The molecule has 0 heterocycles. The van der Waals surface area contributed by atoms with Crippen molar-refractivity contribution in [3.05, 3.63) is 35.4 Å². The minimum absolute atomic E-state index is 0.00965. The van der Waals surface area contributed by atoms with E-state index in [0.717, 1.165) is 0 Å². The smallest absolute Gasteiger partial charge is 0.338 e. The molecule has 0 aromatic heterocycles. The zero-order chi connectivity index (χ0) is 10.4. The summed E-state index contributed by atoms with van der Waals surface area (Å²) < 4.78 is 4.71. The Labute approximate surface area is 82.3 Å². The quantitative estimate of drug-likeness (QED) is 0.567. The Hall–Kier alpha value is -1.79. The summed E-state index contributed by atoms with van der Waals surface area (Å²) in [4.78, 5) is 11.2. The van der Waals surface area contributed by atoms with Crippen molar-refractivity contribution in [2.45, 2.75) is 0 Å². The van der Waals surface area contributed by atoms with Crippen molar-refractivity contribution in [1.82, 2.24) is 0 Å². The second-order valence-corrected chi connectivity index (χ2v) is 2.58. The van der Waals surface area contributed by atoms with Gasteiger partial charge in [-0.25, -0.2) is 4.79 Å². The van der Waals surface area contributed by atoms with Gasteiger partial charge in [0.2, 0.25) is 0 Å². The van der Waals surface area contributed by atoms with Gasteiger partial charge < -0.3 is 9.84 Å². The number of aliphatic hydroxyl groups is 1. The van der Waals surface area contributed by atoms with Gasteiger partial charge in [-0.1, -0.05) is 5.92 Å². The largest absolute Gasteiger partial charge is 0.460 e. The van der Waals surface area contributed by atoms with Crippen LogP contribution in [0.3, 0.4) is 0 Å². The van der Waals surface area contributed by atoms with Gasteiger partial charge in [-0.3, -0.25) is 0 Å². The van der Waals surface area contributed by atoms with E-state index in [2.05, 4.69) is 5.92 Å². The van der Waals surface area contributed by atoms with E-state index < -0.39 is 5.97 Å². The summed E-state index contributed by atoms with van der Waals surface area (Å²) in [7, 11) is 0. The second-order valence-electron chi connectivity index (χ2n) is 2.58. The number of benzene rings is 1. The van der Waals surface area contributed by atoms with E-state index in [1.165, 1.54) is 0 Å². The van der Waals surface area contributed by atoms with Gasteiger partial charge in [0.1, 0.15) is 6.61 Å². The molecule has 0 saturated heterocycles. The van der Waals surface area contributed by atoms with E-state index in [4.69, 9.17) is 16.3 Å². The molecule has 0 atom stereocenters. The summed E-state index contributed by atoms with van der Waals surface area (Å²) in [5.41, 5.74) is 1.14. The van der Waals surface area contributed by atoms with E-state index in [1.807, 2.05) is 0 Å². The topological polar surface area (TPSA) is 46.5 Å². The molecule has 1 aromatic carbocycles. The maximum absolute atomic E-state index is 11.2. The van der Waals surface area contributed by atoms with Gasteiger partial charge in [0.05, 0.1) is 12.2 Å². The first-order valence-electron chi connectivity index (χ1n) is 4.12. The summed E-state index contributed by atoms with van der Waals surface area (Å²) in [5.74, 6) is 1.99. The number of esters is 1. The second kappa shape index (κ2) is 5.05. The molecule has 0 bridgehead atoms. The number of terminal acetylenes is 1. The number of rotatable bonds is 3. The van der Waals surface area contributed by atoms with E-state index in [0.29, 0.717) is 11.1 Å². The highest BCUT2D eigenvalue weighted by Gasteiger charge is 2.05. The Morgan fingerprint density at radius 1 is 1.43 bits per heavy atom. The van der Waals surface area contributed by atoms with Crippen molar-refractivity contribution in [2.75, 3.05) is 13.2 Å². The number of ether oxygens (including phenoxy) is 1. The van der Waals surface area contributed by atoms with Gasteiger partial charge >= 0.3 is 5.97 Å². The lowest BCUT2D eigenvalue weighted by molar-refractivity contribution is 0.0434. The average molecular weight is 190 g/mol. The Morgan fingerprint density at radius 2 is 2.07 bits per heavy atom. The highest BCUT2D eigenvalue weighted by Crippen LogP contribution is 2.04. The lowest BCUT2D eigenvalue weighted by atomic mass is 10.1. The van der Waals surface area contributed by atoms with Crippen LogP contribution in [0.25, 0.3) is 0 Å². The van der Waals surface area contributed by atoms with Crippen LogP contribution in [-0.2, 0) is 4.74 Å². The highest BCUT2D eigenvalue weighted by molar-refractivity contribution is 5.89. The first-order valence-corrected chi connectivity index (χ1v) is 4.12. The van der Waals surface area contributed by atoms with Crippen molar-refractivity contribution in [3.8, 4) is 12.3 Å². The fraction of sp³-hybridized carbons (Fsp3) is 0.182. The zero-order valence-electron chi connectivity index (χ0n) is 7.56. The normalized spacial score (nSPS) is 9.14. The minimum Gasteiger partial charge on any atom is -0.460 e. The first-order chi connectivity index (χ1) is 6.77.